The Labute approximate surface area is 80.7 Å². The monoisotopic (exact) mass is 183 g/mol. The van der Waals surface area contributed by atoms with Crippen LogP contribution in [0.25, 0.3) is 0 Å². The minimum Gasteiger partial charge on any atom is -0.388 e. The lowest BCUT2D eigenvalue weighted by atomic mass is 9.76. The third kappa shape index (κ3) is 2.23. The van der Waals surface area contributed by atoms with Gasteiger partial charge in [-0.05, 0) is 31.6 Å². The molecule has 76 valence electrons. The maximum Gasteiger partial charge on any atom is 0.0797 e. The quantitative estimate of drug-likeness (QED) is 0.697. The summed E-state index contributed by atoms with van der Waals surface area (Å²) in [6.45, 7) is 3.01. The van der Waals surface area contributed by atoms with Gasteiger partial charge in [-0.3, -0.25) is 0 Å². The summed E-state index contributed by atoms with van der Waals surface area (Å²) in [5, 5.41) is 13.8. The van der Waals surface area contributed by atoms with E-state index in [2.05, 4.69) is 12.2 Å². The standard InChI is InChI=1S/C11H21NO/c1-9-4-2-3-7-11(9,13)8-12-10-5-6-10/h9-10,12-13H,2-8H2,1H3. The number of hydrogen-bond acceptors (Lipinski definition) is 2. The molecule has 13 heavy (non-hydrogen) atoms. The number of rotatable bonds is 3. The Morgan fingerprint density at radius 2 is 2.08 bits per heavy atom. The molecular formula is C11H21NO. The summed E-state index contributed by atoms with van der Waals surface area (Å²) in [6, 6.07) is 0.721. The molecule has 2 nitrogen and oxygen atoms in total. The zero-order valence-corrected chi connectivity index (χ0v) is 8.55. The third-order valence-corrected chi connectivity index (χ3v) is 3.69. The van der Waals surface area contributed by atoms with Crippen LogP contribution >= 0.6 is 0 Å². The van der Waals surface area contributed by atoms with Gasteiger partial charge in [-0.1, -0.05) is 19.8 Å². The molecule has 0 amide bonds. The molecule has 0 aromatic carbocycles. The van der Waals surface area contributed by atoms with E-state index in [1.165, 1.54) is 32.1 Å². The highest BCUT2D eigenvalue weighted by Crippen LogP contribution is 2.33. The van der Waals surface area contributed by atoms with Crippen LogP contribution in [-0.2, 0) is 0 Å². The molecule has 2 N–H and O–H groups in total. The van der Waals surface area contributed by atoms with E-state index in [0.717, 1.165) is 19.0 Å². The maximum atomic E-state index is 10.4. The van der Waals surface area contributed by atoms with Crippen LogP contribution in [0.2, 0.25) is 0 Å². The van der Waals surface area contributed by atoms with Gasteiger partial charge in [-0.25, -0.2) is 0 Å². The van der Waals surface area contributed by atoms with Crippen molar-refractivity contribution in [2.45, 2.75) is 57.1 Å². The van der Waals surface area contributed by atoms with Crippen molar-refractivity contribution in [3.63, 3.8) is 0 Å². The molecule has 2 rings (SSSR count). The average Bonchev–Trinajstić information content (AvgIpc) is 2.91. The smallest absolute Gasteiger partial charge is 0.0797 e. The van der Waals surface area contributed by atoms with Crippen LogP contribution in [0.3, 0.4) is 0 Å². The first-order chi connectivity index (χ1) is 6.21. The van der Waals surface area contributed by atoms with Crippen molar-refractivity contribution in [2.24, 2.45) is 5.92 Å². The molecule has 2 saturated carbocycles. The van der Waals surface area contributed by atoms with Crippen molar-refractivity contribution in [2.75, 3.05) is 6.54 Å². The molecule has 2 aliphatic carbocycles. The Morgan fingerprint density at radius 1 is 1.31 bits per heavy atom. The van der Waals surface area contributed by atoms with Gasteiger partial charge in [0.15, 0.2) is 0 Å². The van der Waals surface area contributed by atoms with Crippen molar-refractivity contribution in [3.8, 4) is 0 Å². The first-order valence-electron chi connectivity index (χ1n) is 5.66. The van der Waals surface area contributed by atoms with Crippen molar-refractivity contribution in [1.29, 1.82) is 0 Å². The second kappa shape index (κ2) is 3.58. The van der Waals surface area contributed by atoms with Crippen LogP contribution in [0.1, 0.15) is 45.4 Å². The molecule has 0 aliphatic heterocycles. The van der Waals surface area contributed by atoms with E-state index < -0.39 is 5.60 Å². The van der Waals surface area contributed by atoms with Gasteiger partial charge in [-0.15, -0.1) is 0 Å². The van der Waals surface area contributed by atoms with E-state index in [1.54, 1.807) is 0 Å². The van der Waals surface area contributed by atoms with Gasteiger partial charge in [0.1, 0.15) is 0 Å². The normalized spacial score (nSPS) is 40.6. The van der Waals surface area contributed by atoms with Gasteiger partial charge in [-0.2, -0.15) is 0 Å². The third-order valence-electron chi connectivity index (χ3n) is 3.69. The molecular weight excluding hydrogens is 162 g/mol. The Balaban J connectivity index is 1.83. The predicted octanol–water partition coefficient (Wildman–Crippen LogP) is 1.68. The fourth-order valence-corrected chi connectivity index (χ4v) is 2.27. The maximum absolute atomic E-state index is 10.4. The number of hydrogen-bond donors (Lipinski definition) is 2. The van der Waals surface area contributed by atoms with E-state index in [1.807, 2.05) is 0 Å². The van der Waals surface area contributed by atoms with E-state index >= 15 is 0 Å². The van der Waals surface area contributed by atoms with E-state index in [0.29, 0.717) is 5.92 Å². The molecule has 0 radical (unpaired) electrons. The van der Waals surface area contributed by atoms with Gasteiger partial charge in [0.05, 0.1) is 5.60 Å². The van der Waals surface area contributed by atoms with Crippen molar-refractivity contribution >= 4 is 0 Å². The van der Waals surface area contributed by atoms with Gasteiger partial charge in [0, 0.05) is 12.6 Å². The molecule has 0 aromatic heterocycles. The first kappa shape index (κ1) is 9.47. The van der Waals surface area contributed by atoms with Gasteiger partial charge >= 0.3 is 0 Å². The van der Waals surface area contributed by atoms with Crippen LogP contribution in [-0.4, -0.2) is 23.3 Å². The predicted molar refractivity (Wildman–Crippen MR) is 53.6 cm³/mol. The van der Waals surface area contributed by atoms with E-state index in [-0.39, 0.29) is 0 Å². The van der Waals surface area contributed by atoms with Crippen LogP contribution in [0, 0.1) is 5.92 Å². The van der Waals surface area contributed by atoms with Crippen LogP contribution in [0.15, 0.2) is 0 Å². The summed E-state index contributed by atoms with van der Waals surface area (Å²) in [4.78, 5) is 0. The van der Waals surface area contributed by atoms with Crippen molar-refractivity contribution in [3.05, 3.63) is 0 Å². The van der Waals surface area contributed by atoms with Crippen molar-refractivity contribution < 1.29 is 5.11 Å². The second-order valence-electron chi connectivity index (χ2n) is 4.91. The van der Waals surface area contributed by atoms with Gasteiger partial charge in [0.25, 0.3) is 0 Å². The summed E-state index contributed by atoms with van der Waals surface area (Å²) < 4.78 is 0. The molecule has 2 atom stereocenters. The summed E-state index contributed by atoms with van der Waals surface area (Å²) in [5.41, 5.74) is -0.402. The molecule has 2 heteroatoms. The average molecular weight is 183 g/mol. The molecule has 2 aliphatic rings. The highest BCUT2D eigenvalue weighted by Gasteiger charge is 2.37. The Hall–Kier alpha value is -0.0800. The topological polar surface area (TPSA) is 32.3 Å². The second-order valence-corrected chi connectivity index (χ2v) is 4.91. The molecule has 0 bridgehead atoms. The first-order valence-corrected chi connectivity index (χ1v) is 5.66. The fourth-order valence-electron chi connectivity index (χ4n) is 2.27. The lowest BCUT2D eigenvalue weighted by Crippen LogP contribution is -2.48. The Morgan fingerprint density at radius 3 is 2.69 bits per heavy atom. The van der Waals surface area contributed by atoms with Crippen molar-refractivity contribution in [1.82, 2.24) is 5.32 Å². The summed E-state index contributed by atoms with van der Waals surface area (Å²) in [5.74, 6) is 0.479. The largest absolute Gasteiger partial charge is 0.388 e. The highest BCUT2D eigenvalue weighted by atomic mass is 16.3. The SMILES string of the molecule is CC1CCCCC1(O)CNC1CC1. The number of nitrogens with one attached hydrogen (secondary N) is 1. The lowest BCUT2D eigenvalue weighted by Gasteiger charge is -2.38. The van der Waals surface area contributed by atoms with E-state index in [9.17, 15) is 5.11 Å². The molecule has 0 heterocycles. The number of aliphatic hydroxyl groups is 1. The summed E-state index contributed by atoms with van der Waals surface area (Å²) in [6.07, 6.45) is 7.31. The molecule has 0 spiro atoms. The van der Waals surface area contributed by atoms with Crippen LogP contribution < -0.4 is 5.32 Å². The van der Waals surface area contributed by atoms with Crippen LogP contribution in [0.4, 0.5) is 0 Å². The van der Waals surface area contributed by atoms with E-state index in [4.69, 9.17) is 0 Å². The minimum absolute atomic E-state index is 0.402. The summed E-state index contributed by atoms with van der Waals surface area (Å²) >= 11 is 0. The zero-order chi connectivity index (χ0) is 9.31. The molecule has 0 aromatic rings. The van der Waals surface area contributed by atoms with Gasteiger partial charge < -0.3 is 10.4 Å². The highest BCUT2D eigenvalue weighted by molar-refractivity contribution is 4.92. The lowest BCUT2D eigenvalue weighted by molar-refractivity contribution is -0.0396. The van der Waals surface area contributed by atoms with Gasteiger partial charge in [0.2, 0.25) is 0 Å². The molecule has 2 fully saturated rings. The minimum atomic E-state index is -0.402. The summed E-state index contributed by atoms with van der Waals surface area (Å²) in [7, 11) is 0. The Bertz CT molecular complexity index is 179. The molecule has 2 unspecified atom stereocenters. The zero-order valence-electron chi connectivity index (χ0n) is 8.55. The molecule has 0 saturated heterocycles. The van der Waals surface area contributed by atoms with Crippen LogP contribution in [0.5, 0.6) is 0 Å². The fraction of sp³-hybridized carbons (Fsp3) is 1.00. The Kier molecular flexibility index (Phi) is 2.61.